The summed E-state index contributed by atoms with van der Waals surface area (Å²) >= 11 is 0. The first-order valence-electron chi connectivity index (χ1n) is 5.02. The van der Waals surface area contributed by atoms with Crippen LogP contribution in [0.1, 0.15) is 12.0 Å². The summed E-state index contributed by atoms with van der Waals surface area (Å²) in [5.74, 6) is 0.500. The van der Waals surface area contributed by atoms with Crippen LogP contribution in [0.25, 0.3) is 6.08 Å². The lowest BCUT2D eigenvalue weighted by Gasteiger charge is -2.04. The van der Waals surface area contributed by atoms with Crippen LogP contribution >= 0.6 is 0 Å². The molecular formula is C11H12O4Si. The Kier molecular flexibility index (Phi) is 3.48. The number of hydrogen-bond acceptors (Lipinski definition) is 3. The molecule has 1 unspecified atom stereocenters. The van der Waals surface area contributed by atoms with E-state index in [1.54, 1.807) is 6.08 Å². The number of hydrogen-bond donors (Lipinski definition) is 1. The fourth-order valence-corrected chi connectivity index (χ4v) is 1.75. The van der Waals surface area contributed by atoms with Gasteiger partial charge in [-0.1, -0.05) is 30.3 Å². The molecule has 1 aromatic carbocycles. The van der Waals surface area contributed by atoms with Crippen molar-refractivity contribution in [2.75, 3.05) is 6.61 Å². The summed E-state index contributed by atoms with van der Waals surface area (Å²) in [5.41, 5.74) is 0.946. The van der Waals surface area contributed by atoms with Crippen LogP contribution in [0.3, 0.4) is 0 Å². The second kappa shape index (κ2) is 5.04. The van der Waals surface area contributed by atoms with E-state index in [-0.39, 0.29) is 6.10 Å². The SMILES string of the molecule is O=[Si](O)OC(=Cc1ccccc1)CC1CO1. The van der Waals surface area contributed by atoms with E-state index in [1.165, 1.54) is 0 Å². The van der Waals surface area contributed by atoms with E-state index in [2.05, 4.69) is 0 Å². The van der Waals surface area contributed by atoms with Crippen molar-refractivity contribution < 1.29 is 18.4 Å². The van der Waals surface area contributed by atoms with Crippen molar-refractivity contribution in [2.45, 2.75) is 12.5 Å². The molecular weight excluding hydrogens is 224 g/mol. The molecule has 84 valence electrons. The lowest BCUT2D eigenvalue weighted by Crippen LogP contribution is -2.07. The third kappa shape index (κ3) is 3.60. The molecule has 0 bridgehead atoms. The van der Waals surface area contributed by atoms with Crippen LogP contribution < -0.4 is 0 Å². The largest absolute Gasteiger partial charge is 0.770 e. The van der Waals surface area contributed by atoms with Crippen LogP contribution in [0.4, 0.5) is 0 Å². The quantitative estimate of drug-likeness (QED) is 0.475. The average Bonchev–Trinajstić information content (AvgIpc) is 3.02. The molecule has 2 rings (SSSR count). The summed E-state index contributed by atoms with van der Waals surface area (Å²) in [5, 5.41) is 0. The van der Waals surface area contributed by atoms with Gasteiger partial charge in [-0.2, -0.15) is 0 Å². The molecule has 5 heteroatoms. The van der Waals surface area contributed by atoms with Crippen molar-refractivity contribution >= 4 is 15.2 Å². The van der Waals surface area contributed by atoms with Crippen molar-refractivity contribution in [3.63, 3.8) is 0 Å². The van der Waals surface area contributed by atoms with Crippen LogP contribution in [0.5, 0.6) is 0 Å². The number of rotatable bonds is 5. The minimum absolute atomic E-state index is 0.135. The first-order valence-corrected chi connectivity index (χ1v) is 6.28. The van der Waals surface area contributed by atoms with Gasteiger partial charge in [-0.3, -0.25) is 4.46 Å². The van der Waals surface area contributed by atoms with E-state index in [0.717, 1.165) is 5.56 Å². The maximum atomic E-state index is 10.7. The van der Waals surface area contributed by atoms with Gasteiger partial charge >= 0.3 is 9.17 Å². The zero-order valence-electron chi connectivity index (χ0n) is 8.63. The zero-order chi connectivity index (χ0) is 11.4. The van der Waals surface area contributed by atoms with Gasteiger partial charge in [-0.25, -0.2) is 0 Å². The summed E-state index contributed by atoms with van der Waals surface area (Å²) in [7, 11) is -2.94. The van der Waals surface area contributed by atoms with E-state index in [1.807, 2.05) is 30.3 Å². The van der Waals surface area contributed by atoms with Crippen molar-refractivity contribution in [3.05, 3.63) is 41.7 Å². The minimum Gasteiger partial charge on any atom is -0.511 e. The van der Waals surface area contributed by atoms with Crippen molar-refractivity contribution in [2.24, 2.45) is 0 Å². The Hall–Kier alpha value is -1.46. The molecule has 1 fully saturated rings. The normalized spacial score (nSPS) is 19.2. The lowest BCUT2D eigenvalue weighted by atomic mass is 10.1. The van der Waals surface area contributed by atoms with E-state index < -0.39 is 9.17 Å². The molecule has 4 nitrogen and oxygen atoms in total. The molecule has 0 radical (unpaired) electrons. The highest BCUT2D eigenvalue weighted by molar-refractivity contribution is 6.24. The maximum absolute atomic E-state index is 10.7. The van der Waals surface area contributed by atoms with Gasteiger partial charge < -0.3 is 14.0 Å². The van der Waals surface area contributed by atoms with Gasteiger partial charge in [0.15, 0.2) is 0 Å². The topological polar surface area (TPSA) is 59.1 Å². The molecule has 1 saturated heterocycles. The fraction of sp³-hybridized carbons (Fsp3) is 0.273. The summed E-state index contributed by atoms with van der Waals surface area (Å²) in [6, 6.07) is 9.53. The first kappa shape index (κ1) is 11.0. The first-order chi connectivity index (χ1) is 7.74. The average molecular weight is 236 g/mol. The highest BCUT2D eigenvalue weighted by Crippen LogP contribution is 2.21. The third-order valence-corrected chi connectivity index (χ3v) is 2.61. The predicted molar refractivity (Wildman–Crippen MR) is 58.5 cm³/mol. The molecule has 1 aliphatic heterocycles. The Morgan fingerprint density at radius 3 is 2.81 bits per heavy atom. The summed E-state index contributed by atoms with van der Waals surface area (Å²) in [4.78, 5) is 8.78. The number of benzene rings is 1. The van der Waals surface area contributed by atoms with Gasteiger partial charge in [0.1, 0.15) is 0 Å². The van der Waals surface area contributed by atoms with Crippen molar-refractivity contribution in [1.82, 2.24) is 0 Å². The van der Waals surface area contributed by atoms with Crippen LogP contribution in [-0.4, -0.2) is 26.7 Å². The maximum Gasteiger partial charge on any atom is 0.770 e. The van der Waals surface area contributed by atoms with Gasteiger partial charge in [0.05, 0.1) is 18.5 Å². The standard InChI is InChI=1S/C11H12O4Si/c12-16(13)15-10(7-11-8-14-11)6-9-4-2-1-3-5-9/h1-6,11-12H,7-8H2. The molecule has 0 aliphatic carbocycles. The Labute approximate surface area is 95.0 Å². The molecule has 1 heterocycles. The lowest BCUT2D eigenvalue weighted by molar-refractivity contribution is 0.269. The molecule has 0 aromatic heterocycles. The predicted octanol–water partition coefficient (Wildman–Crippen LogP) is 1.24. The summed E-state index contributed by atoms with van der Waals surface area (Å²) < 4.78 is 20.6. The Morgan fingerprint density at radius 1 is 1.56 bits per heavy atom. The zero-order valence-corrected chi connectivity index (χ0v) is 9.63. The van der Waals surface area contributed by atoms with Crippen LogP contribution in [0.2, 0.25) is 0 Å². The molecule has 1 atom stereocenters. The van der Waals surface area contributed by atoms with E-state index in [4.69, 9.17) is 14.0 Å². The Balaban J connectivity index is 2.09. The monoisotopic (exact) mass is 236 g/mol. The smallest absolute Gasteiger partial charge is 0.511 e. The van der Waals surface area contributed by atoms with E-state index in [0.29, 0.717) is 18.8 Å². The van der Waals surface area contributed by atoms with Gasteiger partial charge in [0, 0.05) is 6.42 Å². The molecule has 0 amide bonds. The molecule has 1 aromatic rings. The van der Waals surface area contributed by atoms with Gasteiger partial charge in [-0.15, -0.1) is 0 Å². The molecule has 0 saturated carbocycles. The fourth-order valence-electron chi connectivity index (χ4n) is 1.39. The van der Waals surface area contributed by atoms with Crippen molar-refractivity contribution in [1.29, 1.82) is 0 Å². The van der Waals surface area contributed by atoms with E-state index >= 15 is 0 Å². The van der Waals surface area contributed by atoms with Gasteiger partial charge in [0.2, 0.25) is 0 Å². The molecule has 16 heavy (non-hydrogen) atoms. The molecule has 1 aliphatic rings. The summed E-state index contributed by atoms with van der Waals surface area (Å²) in [6.45, 7) is 0.696. The Morgan fingerprint density at radius 2 is 2.25 bits per heavy atom. The highest BCUT2D eigenvalue weighted by Gasteiger charge is 2.25. The molecule has 0 spiro atoms. The number of ether oxygens (including phenoxy) is 1. The minimum atomic E-state index is -2.94. The highest BCUT2D eigenvalue weighted by atomic mass is 28.3. The van der Waals surface area contributed by atoms with Gasteiger partial charge in [0.25, 0.3) is 0 Å². The number of epoxide rings is 1. The Bertz CT molecular complexity index is 398. The van der Waals surface area contributed by atoms with Crippen LogP contribution in [-0.2, 0) is 13.6 Å². The van der Waals surface area contributed by atoms with Crippen LogP contribution in [0, 0.1) is 0 Å². The second-order valence-corrected chi connectivity index (χ2v) is 4.28. The summed E-state index contributed by atoms with van der Waals surface area (Å²) in [6.07, 6.45) is 2.45. The van der Waals surface area contributed by atoms with Crippen LogP contribution in [0.15, 0.2) is 36.1 Å². The second-order valence-electron chi connectivity index (χ2n) is 3.55. The molecule has 1 N–H and O–H groups in total. The third-order valence-electron chi connectivity index (χ3n) is 2.18. The van der Waals surface area contributed by atoms with Crippen molar-refractivity contribution in [3.8, 4) is 0 Å². The van der Waals surface area contributed by atoms with Gasteiger partial charge in [-0.05, 0) is 11.6 Å². The van der Waals surface area contributed by atoms with E-state index in [9.17, 15) is 4.46 Å².